The van der Waals surface area contributed by atoms with Crippen molar-refractivity contribution in [1.82, 2.24) is 5.32 Å². The number of nitrogens with two attached hydrogens (primary N) is 1. The summed E-state index contributed by atoms with van der Waals surface area (Å²) in [4.78, 5) is 23.0. The second-order valence-corrected chi connectivity index (χ2v) is 4.53. The Labute approximate surface area is 95.4 Å². The summed E-state index contributed by atoms with van der Waals surface area (Å²) >= 11 is 0. The second kappa shape index (κ2) is 4.41. The molecule has 0 radical (unpaired) electrons. The molecule has 1 fully saturated rings. The fraction of sp³-hybridized carbons (Fsp3) is 0.818. The molecular formula is C11H20N2O3. The lowest BCUT2D eigenvalue weighted by atomic mass is 9.81. The minimum Gasteiger partial charge on any atom is -0.480 e. The number of carbonyl (C=O) groups is 2. The minimum absolute atomic E-state index is 0.222. The normalized spacial score (nSPS) is 17.9. The average molecular weight is 228 g/mol. The van der Waals surface area contributed by atoms with Crippen molar-refractivity contribution in [3.05, 3.63) is 0 Å². The summed E-state index contributed by atoms with van der Waals surface area (Å²) in [7, 11) is 0. The third-order valence-corrected chi connectivity index (χ3v) is 3.74. The highest BCUT2D eigenvalue weighted by Gasteiger charge is 2.53. The number of rotatable bonds is 6. The highest BCUT2D eigenvalue weighted by atomic mass is 16.4. The van der Waals surface area contributed by atoms with Gasteiger partial charge in [0, 0.05) is 6.54 Å². The molecule has 0 spiro atoms. The maximum atomic E-state index is 12.1. The molecule has 0 aromatic rings. The van der Waals surface area contributed by atoms with Crippen LogP contribution in [0.5, 0.6) is 0 Å². The van der Waals surface area contributed by atoms with Crippen molar-refractivity contribution in [3.8, 4) is 0 Å². The Kier molecular flexibility index (Phi) is 3.57. The summed E-state index contributed by atoms with van der Waals surface area (Å²) in [5.41, 5.74) is 4.00. The molecule has 0 unspecified atom stereocenters. The molecule has 0 atom stereocenters. The van der Waals surface area contributed by atoms with Crippen LogP contribution in [0.4, 0.5) is 0 Å². The third kappa shape index (κ3) is 2.04. The van der Waals surface area contributed by atoms with Gasteiger partial charge in [-0.1, -0.05) is 13.8 Å². The molecule has 1 rings (SSSR count). The number of aliphatic carboxylic acids is 1. The Balaban J connectivity index is 2.74. The number of amides is 1. The van der Waals surface area contributed by atoms with Crippen molar-refractivity contribution in [1.29, 1.82) is 0 Å². The minimum atomic E-state index is -1.01. The van der Waals surface area contributed by atoms with E-state index in [0.29, 0.717) is 25.7 Å². The molecule has 1 saturated carbocycles. The van der Waals surface area contributed by atoms with E-state index in [4.69, 9.17) is 10.8 Å². The van der Waals surface area contributed by atoms with E-state index in [-0.39, 0.29) is 12.5 Å². The predicted octanol–water partition coefficient (Wildman–Crippen LogP) is 0.485. The lowest BCUT2D eigenvalue weighted by molar-refractivity contribution is -0.145. The van der Waals surface area contributed by atoms with Crippen LogP contribution in [0.25, 0.3) is 0 Å². The SMILES string of the molecule is CCC(CC)(CN)C(=O)NC1(C(=O)O)CC1. The Morgan fingerprint density at radius 3 is 2.12 bits per heavy atom. The van der Waals surface area contributed by atoms with Crippen LogP contribution in [0.2, 0.25) is 0 Å². The topological polar surface area (TPSA) is 92.4 Å². The van der Waals surface area contributed by atoms with Gasteiger partial charge in [0.05, 0.1) is 5.41 Å². The van der Waals surface area contributed by atoms with E-state index < -0.39 is 16.9 Å². The molecule has 0 heterocycles. The smallest absolute Gasteiger partial charge is 0.329 e. The Morgan fingerprint density at radius 1 is 1.38 bits per heavy atom. The summed E-state index contributed by atoms with van der Waals surface area (Å²) < 4.78 is 0. The quantitative estimate of drug-likeness (QED) is 0.616. The molecule has 4 N–H and O–H groups in total. The molecular weight excluding hydrogens is 208 g/mol. The van der Waals surface area contributed by atoms with Gasteiger partial charge in [0.1, 0.15) is 5.54 Å². The van der Waals surface area contributed by atoms with Crippen LogP contribution in [0.1, 0.15) is 39.5 Å². The summed E-state index contributed by atoms with van der Waals surface area (Å²) in [5.74, 6) is -1.17. The number of hydrogen-bond donors (Lipinski definition) is 3. The van der Waals surface area contributed by atoms with Gasteiger partial charge < -0.3 is 16.2 Å². The first kappa shape index (κ1) is 13.0. The molecule has 16 heavy (non-hydrogen) atoms. The van der Waals surface area contributed by atoms with Crippen molar-refractivity contribution in [2.45, 2.75) is 45.1 Å². The zero-order valence-corrected chi connectivity index (χ0v) is 9.88. The lowest BCUT2D eigenvalue weighted by Gasteiger charge is -2.30. The standard InChI is InChI=1S/C11H20N2O3/c1-3-10(4-2,7-12)8(14)13-11(5-6-11)9(15)16/h3-7,12H2,1-2H3,(H,13,14)(H,15,16). The molecule has 1 aliphatic rings. The van der Waals surface area contributed by atoms with Gasteiger partial charge in [0.2, 0.25) is 5.91 Å². The summed E-state index contributed by atoms with van der Waals surface area (Å²) in [5, 5.41) is 11.6. The van der Waals surface area contributed by atoms with Gasteiger partial charge >= 0.3 is 5.97 Å². The molecule has 1 amide bonds. The first-order chi connectivity index (χ1) is 7.46. The van der Waals surface area contributed by atoms with E-state index in [2.05, 4.69) is 5.32 Å². The van der Waals surface area contributed by atoms with Crippen LogP contribution in [-0.2, 0) is 9.59 Å². The Morgan fingerprint density at radius 2 is 1.88 bits per heavy atom. The zero-order valence-electron chi connectivity index (χ0n) is 9.88. The number of carboxylic acid groups (broad SMARTS) is 1. The lowest BCUT2D eigenvalue weighted by Crippen LogP contribution is -2.52. The van der Waals surface area contributed by atoms with E-state index >= 15 is 0 Å². The average Bonchev–Trinajstić information content (AvgIpc) is 3.02. The zero-order chi connectivity index (χ0) is 12.4. The van der Waals surface area contributed by atoms with E-state index in [1.165, 1.54) is 0 Å². The molecule has 5 heteroatoms. The highest BCUT2D eigenvalue weighted by Crippen LogP contribution is 2.37. The fourth-order valence-electron chi connectivity index (χ4n) is 1.82. The molecule has 0 aromatic heterocycles. The van der Waals surface area contributed by atoms with Crippen molar-refractivity contribution in [2.75, 3.05) is 6.54 Å². The second-order valence-electron chi connectivity index (χ2n) is 4.53. The van der Waals surface area contributed by atoms with Crippen molar-refractivity contribution < 1.29 is 14.7 Å². The van der Waals surface area contributed by atoms with Gasteiger partial charge in [0.15, 0.2) is 0 Å². The van der Waals surface area contributed by atoms with E-state index in [0.717, 1.165) is 0 Å². The molecule has 0 saturated heterocycles. The van der Waals surface area contributed by atoms with Crippen LogP contribution >= 0.6 is 0 Å². The molecule has 1 aliphatic carbocycles. The van der Waals surface area contributed by atoms with Crippen LogP contribution in [0.15, 0.2) is 0 Å². The van der Waals surface area contributed by atoms with E-state index in [9.17, 15) is 9.59 Å². The van der Waals surface area contributed by atoms with Gasteiger partial charge in [0.25, 0.3) is 0 Å². The first-order valence-corrected chi connectivity index (χ1v) is 5.72. The molecule has 0 bridgehead atoms. The summed E-state index contributed by atoms with van der Waals surface area (Å²) in [6, 6.07) is 0. The van der Waals surface area contributed by atoms with Crippen molar-refractivity contribution in [3.63, 3.8) is 0 Å². The number of carbonyl (C=O) groups excluding carboxylic acids is 1. The first-order valence-electron chi connectivity index (χ1n) is 5.72. The monoisotopic (exact) mass is 228 g/mol. The maximum absolute atomic E-state index is 12.1. The Hall–Kier alpha value is -1.10. The van der Waals surface area contributed by atoms with Gasteiger partial charge in [-0.2, -0.15) is 0 Å². The van der Waals surface area contributed by atoms with E-state index in [1.54, 1.807) is 0 Å². The third-order valence-electron chi connectivity index (χ3n) is 3.74. The van der Waals surface area contributed by atoms with Crippen molar-refractivity contribution in [2.24, 2.45) is 11.1 Å². The van der Waals surface area contributed by atoms with E-state index in [1.807, 2.05) is 13.8 Å². The van der Waals surface area contributed by atoms with Crippen LogP contribution in [0.3, 0.4) is 0 Å². The molecule has 5 nitrogen and oxygen atoms in total. The van der Waals surface area contributed by atoms with Crippen LogP contribution in [-0.4, -0.2) is 29.1 Å². The number of carboxylic acids is 1. The van der Waals surface area contributed by atoms with Crippen molar-refractivity contribution >= 4 is 11.9 Å². The van der Waals surface area contributed by atoms with Gasteiger partial charge in [-0.15, -0.1) is 0 Å². The summed E-state index contributed by atoms with van der Waals surface area (Å²) in [6.45, 7) is 4.05. The largest absolute Gasteiger partial charge is 0.480 e. The number of hydrogen-bond acceptors (Lipinski definition) is 3. The highest BCUT2D eigenvalue weighted by molar-refractivity contribution is 5.92. The van der Waals surface area contributed by atoms with Crippen LogP contribution < -0.4 is 11.1 Å². The van der Waals surface area contributed by atoms with Crippen LogP contribution in [0, 0.1) is 5.41 Å². The maximum Gasteiger partial charge on any atom is 0.329 e. The fourth-order valence-corrected chi connectivity index (χ4v) is 1.82. The molecule has 92 valence electrons. The van der Waals surface area contributed by atoms with Gasteiger partial charge in [-0.25, -0.2) is 4.79 Å². The summed E-state index contributed by atoms with van der Waals surface area (Å²) in [6.07, 6.45) is 2.29. The Bertz CT molecular complexity index is 285. The van der Waals surface area contributed by atoms with Gasteiger partial charge in [-0.05, 0) is 25.7 Å². The molecule has 0 aromatic carbocycles. The molecule has 0 aliphatic heterocycles. The number of nitrogens with one attached hydrogen (secondary N) is 1. The van der Waals surface area contributed by atoms with Gasteiger partial charge in [-0.3, -0.25) is 4.79 Å². The predicted molar refractivity (Wildman–Crippen MR) is 59.8 cm³/mol.